The number of thiocarbonyl (C=S) groups is 1. The topological polar surface area (TPSA) is 70.2 Å². The van der Waals surface area contributed by atoms with Crippen LogP contribution in [-0.2, 0) is 4.79 Å². The predicted molar refractivity (Wildman–Crippen MR) is 130 cm³/mol. The molecule has 0 aromatic heterocycles. The van der Waals surface area contributed by atoms with Gasteiger partial charge in [0.1, 0.15) is 0 Å². The Labute approximate surface area is 187 Å². The minimum Gasteiger partial charge on any atom is -0.332 e. The molecule has 0 unspecified atom stereocenters. The maximum absolute atomic E-state index is 12.8. The fourth-order valence-electron chi connectivity index (χ4n) is 2.85. The summed E-state index contributed by atoms with van der Waals surface area (Å²) in [5.74, 6) is -0.636. The van der Waals surface area contributed by atoms with Gasteiger partial charge in [0, 0.05) is 11.8 Å². The first-order chi connectivity index (χ1) is 14.9. The average molecular weight is 430 g/mol. The molecule has 31 heavy (non-hydrogen) atoms. The molecule has 0 radical (unpaired) electrons. The third-order valence-corrected chi connectivity index (χ3v) is 4.85. The molecule has 156 valence electrons. The van der Waals surface area contributed by atoms with Gasteiger partial charge in [-0.1, -0.05) is 48.5 Å². The third kappa shape index (κ3) is 6.35. The SMILES string of the molecule is Cc1ccc(NC(=O)c2ccccc2NC(=S)NC(=O)/C=C/c2ccccc2)cc1C. The van der Waals surface area contributed by atoms with Crippen molar-refractivity contribution >= 4 is 46.6 Å². The lowest BCUT2D eigenvalue weighted by atomic mass is 10.1. The number of nitrogens with one attached hydrogen (secondary N) is 3. The number of carbonyl (C=O) groups excluding carboxylic acids is 2. The van der Waals surface area contributed by atoms with Crippen LogP contribution in [0, 0.1) is 13.8 Å². The molecule has 0 fully saturated rings. The number of anilines is 2. The zero-order valence-electron chi connectivity index (χ0n) is 17.3. The molecule has 0 saturated carbocycles. The Morgan fingerprint density at radius 2 is 1.55 bits per heavy atom. The smallest absolute Gasteiger partial charge is 0.257 e. The van der Waals surface area contributed by atoms with Crippen molar-refractivity contribution in [1.29, 1.82) is 0 Å². The van der Waals surface area contributed by atoms with Crippen molar-refractivity contribution in [3.8, 4) is 0 Å². The molecular weight excluding hydrogens is 406 g/mol. The number of rotatable bonds is 5. The van der Waals surface area contributed by atoms with Crippen LogP contribution >= 0.6 is 12.2 Å². The van der Waals surface area contributed by atoms with E-state index in [2.05, 4.69) is 16.0 Å². The summed E-state index contributed by atoms with van der Waals surface area (Å²) >= 11 is 5.24. The summed E-state index contributed by atoms with van der Waals surface area (Å²) in [7, 11) is 0. The van der Waals surface area contributed by atoms with E-state index in [1.54, 1.807) is 30.3 Å². The lowest BCUT2D eigenvalue weighted by Crippen LogP contribution is -2.33. The maximum atomic E-state index is 12.8. The lowest BCUT2D eigenvalue weighted by molar-refractivity contribution is -0.115. The van der Waals surface area contributed by atoms with E-state index in [0.29, 0.717) is 16.9 Å². The summed E-state index contributed by atoms with van der Waals surface area (Å²) < 4.78 is 0. The van der Waals surface area contributed by atoms with Crippen LogP contribution in [0.2, 0.25) is 0 Å². The quantitative estimate of drug-likeness (QED) is 0.391. The van der Waals surface area contributed by atoms with Gasteiger partial charge in [0.15, 0.2) is 5.11 Å². The standard InChI is InChI=1S/C25H23N3O2S/c1-17-12-14-20(16-18(17)2)26-24(30)21-10-6-7-11-22(21)27-25(31)28-23(29)15-13-19-8-4-3-5-9-19/h3-16H,1-2H3,(H,26,30)(H2,27,28,29,31)/b15-13+. The van der Waals surface area contributed by atoms with Gasteiger partial charge in [0.05, 0.1) is 11.3 Å². The van der Waals surface area contributed by atoms with Crippen molar-refractivity contribution in [2.24, 2.45) is 0 Å². The Hall–Kier alpha value is -3.77. The van der Waals surface area contributed by atoms with Crippen LogP contribution in [0.4, 0.5) is 11.4 Å². The van der Waals surface area contributed by atoms with Crippen LogP contribution in [0.25, 0.3) is 6.08 Å². The third-order valence-electron chi connectivity index (χ3n) is 4.65. The second-order valence-corrected chi connectivity index (χ2v) is 7.39. The van der Waals surface area contributed by atoms with E-state index < -0.39 is 0 Å². The van der Waals surface area contributed by atoms with E-state index in [1.165, 1.54) is 6.08 Å². The fourth-order valence-corrected chi connectivity index (χ4v) is 3.06. The molecule has 0 saturated heterocycles. The number of aryl methyl sites for hydroxylation is 2. The Kier molecular flexibility index (Phi) is 7.30. The number of amides is 2. The average Bonchev–Trinajstić information content (AvgIpc) is 2.76. The lowest BCUT2D eigenvalue weighted by Gasteiger charge is -2.13. The molecule has 0 bridgehead atoms. The summed E-state index contributed by atoms with van der Waals surface area (Å²) in [6.45, 7) is 4.01. The minimum atomic E-state index is -0.363. The molecule has 0 aliphatic rings. The second kappa shape index (κ2) is 10.3. The number of para-hydroxylation sites is 1. The molecule has 5 nitrogen and oxygen atoms in total. The molecule has 2 amide bonds. The monoisotopic (exact) mass is 429 g/mol. The van der Waals surface area contributed by atoms with Crippen LogP contribution in [0.5, 0.6) is 0 Å². The molecule has 3 rings (SSSR count). The molecule has 0 aliphatic heterocycles. The largest absolute Gasteiger partial charge is 0.332 e. The van der Waals surface area contributed by atoms with Gasteiger partial charge >= 0.3 is 0 Å². The van der Waals surface area contributed by atoms with Gasteiger partial charge in [-0.25, -0.2) is 0 Å². The Morgan fingerprint density at radius 3 is 2.29 bits per heavy atom. The van der Waals surface area contributed by atoms with Crippen LogP contribution in [0.3, 0.4) is 0 Å². The van der Waals surface area contributed by atoms with E-state index in [1.807, 2.05) is 62.4 Å². The summed E-state index contributed by atoms with van der Waals surface area (Å²) in [4.78, 5) is 24.9. The number of hydrogen-bond acceptors (Lipinski definition) is 3. The van der Waals surface area contributed by atoms with E-state index in [9.17, 15) is 9.59 Å². The normalized spacial score (nSPS) is 10.5. The van der Waals surface area contributed by atoms with Gasteiger partial charge < -0.3 is 10.6 Å². The summed E-state index contributed by atoms with van der Waals surface area (Å²) in [5, 5.41) is 8.53. The first-order valence-corrected chi connectivity index (χ1v) is 10.2. The number of hydrogen-bond donors (Lipinski definition) is 3. The van der Waals surface area contributed by atoms with Crippen molar-refractivity contribution in [2.45, 2.75) is 13.8 Å². The molecule has 6 heteroatoms. The van der Waals surface area contributed by atoms with Gasteiger partial charge in [0.25, 0.3) is 5.91 Å². The van der Waals surface area contributed by atoms with Crippen molar-refractivity contribution in [1.82, 2.24) is 5.32 Å². The van der Waals surface area contributed by atoms with Crippen molar-refractivity contribution in [2.75, 3.05) is 10.6 Å². The molecule has 0 atom stereocenters. The van der Waals surface area contributed by atoms with E-state index in [-0.39, 0.29) is 16.9 Å². The minimum absolute atomic E-state index is 0.106. The fraction of sp³-hybridized carbons (Fsp3) is 0.0800. The Bertz CT molecular complexity index is 1140. The first-order valence-electron chi connectivity index (χ1n) is 9.75. The number of benzene rings is 3. The zero-order chi connectivity index (χ0) is 22.2. The van der Waals surface area contributed by atoms with E-state index >= 15 is 0 Å². The zero-order valence-corrected chi connectivity index (χ0v) is 18.1. The van der Waals surface area contributed by atoms with Gasteiger partial charge in [-0.3, -0.25) is 14.9 Å². The van der Waals surface area contributed by atoms with Crippen LogP contribution in [-0.4, -0.2) is 16.9 Å². The summed E-state index contributed by atoms with van der Waals surface area (Å²) in [5.41, 5.74) is 4.78. The van der Waals surface area contributed by atoms with Crippen molar-refractivity contribution in [3.05, 3.63) is 101 Å². The van der Waals surface area contributed by atoms with Gasteiger partial charge in [-0.15, -0.1) is 0 Å². The summed E-state index contributed by atoms with van der Waals surface area (Å²) in [6, 6.07) is 22.2. The van der Waals surface area contributed by atoms with Gasteiger partial charge in [-0.2, -0.15) is 0 Å². The highest BCUT2D eigenvalue weighted by atomic mass is 32.1. The highest BCUT2D eigenvalue weighted by Gasteiger charge is 2.13. The summed E-state index contributed by atoms with van der Waals surface area (Å²) in [6.07, 6.45) is 3.10. The number of carbonyl (C=O) groups is 2. The molecule has 0 heterocycles. The maximum Gasteiger partial charge on any atom is 0.257 e. The van der Waals surface area contributed by atoms with Crippen LogP contribution < -0.4 is 16.0 Å². The molecule has 0 aliphatic carbocycles. The highest BCUT2D eigenvalue weighted by molar-refractivity contribution is 7.80. The van der Waals surface area contributed by atoms with Gasteiger partial charge in [0.2, 0.25) is 5.91 Å². The van der Waals surface area contributed by atoms with Crippen molar-refractivity contribution in [3.63, 3.8) is 0 Å². The molecule has 0 spiro atoms. The van der Waals surface area contributed by atoms with Crippen molar-refractivity contribution < 1.29 is 9.59 Å². The highest BCUT2D eigenvalue weighted by Crippen LogP contribution is 2.19. The van der Waals surface area contributed by atoms with Crippen LogP contribution in [0.1, 0.15) is 27.0 Å². The first kappa shape index (κ1) is 21.9. The van der Waals surface area contributed by atoms with E-state index in [4.69, 9.17) is 12.2 Å². The second-order valence-electron chi connectivity index (χ2n) is 6.99. The molecule has 3 N–H and O–H groups in total. The predicted octanol–water partition coefficient (Wildman–Crippen LogP) is 5.08. The molecule has 3 aromatic carbocycles. The Balaban J connectivity index is 1.64. The van der Waals surface area contributed by atoms with E-state index in [0.717, 1.165) is 16.7 Å². The van der Waals surface area contributed by atoms with Crippen LogP contribution in [0.15, 0.2) is 78.9 Å². The molecule has 3 aromatic rings. The molecular formula is C25H23N3O2S. The Morgan fingerprint density at radius 1 is 0.839 bits per heavy atom. The van der Waals surface area contributed by atoms with Gasteiger partial charge in [-0.05, 0) is 73.1 Å².